The molecule has 0 aliphatic rings. The Morgan fingerprint density at radius 1 is 1.25 bits per heavy atom. The molecule has 0 unspecified atom stereocenters. The molecule has 0 atom stereocenters. The topological polar surface area (TPSA) is 83.9 Å². The third-order valence-electron chi connectivity index (χ3n) is 1.75. The molecule has 1 aromatic carbocycles. The third-order valence-corrected chi connectivity index (χ3v) is 3.05. The minimum absolute atomic E-state index is 0.0644. The van der Waals surface area contributed by atoms with Crippen LogP contribution in [0, 0.1) is 0 Å². The van der Waals surface area contributed by atoms with Crippen LogP contribution in [0.2, 0.25) is 0 Å². The van der Waals surface area contributed by atoms with E-state index in [0.717, 1.165) is 4.31 Å². The van der Waals surface area contributed by atoms with Crippen LogP contribution in [0.5, 0.6) is 5.75 Å². The van der Waals surface area contributed by atoms with Crippen LogP contribution < -0.4 is 4.18 Å². The van der Waals surface area contributed by atoms with Gasteiger partial charge in [-0.25, -0.2) is 4.79 Å². The van der Waals surface area contributed by atoms with E-state index in [1.807, 2.05) is 0 Å². The highest BCUT2D eigenvalue weighted by molar-refractivity contribution is 7.84. The van der Waals surface area contributed by atoms with Crippen LogP contribution in [0.25, 0.3) is 0 Å². The summed E-state index contributed by atoms with van der Waals surface area (Å²) in [7, 11) is -1.13. The van der Waals surface area contributed by atoms with E-state index in [4.69, 9.17) is 9.29 Å². The molecule has 7 heteroatoms. The molecule has 1 rings (SSSR count). The van der Waals surface area contributed by atoms with Crippen molar-refractivity contribution in [2.45, 2.75) is 0 Å². The zero-order chi connectivity index (χ0) is 12.3. The molecule has 0 heterocycles. The molecule has 1 aromatic rings. The van der Waals surface area contributed by atoms with Crippen LogP contribution in [-0.2, 0) is 10.3 Å². The standard InChI is InChI=1S/C9H11NO5S/c1-10(2)16(13,14)15-8-5-3-7(4-6-8)9(11)12/h3-6H,1-2H3,(H,11,12). The molecule has 0 aliphatic heterocycles. The van der Waals surface area contributed by atoms with Crippen molar-refractivity contribution in [2.75, 3.05) is 14.1 Å². The molecule has 88 valence electrons. The number of nitrogens with zero attached hydrogens (tertiary/aromatic N) is 1. The molecule has 0 saturated heterocycles. The number of carboxylic acids is 1. The molecule has 0 spiro atoms. The predicted molar refractivity (Wildman–Crippen MR) is 56.6 cm³/mol. The van der Waals surface area contributed by atoms with E-state index in [0.29, 0.717) is 0 Å². The summed E-state index contributed by atoms with van der Waals surface area (Å²) in [5.41, 5.74) is 0.0644. The van der Waals surface area contributed by atoms with Crippen molar-refractivity contribution in [3.8, 4) is 5.75 Å². The number of hydrogen-bond acceptors (Lipinski definition) is 4. The number of aromatic carboxylic acids is 1. The van der Waals surface area contributed by atoms with Gasteiger partial charge in [-0.2, -0.15) is 12.7 Å². The molecule has 0 saturated carbocycles. The van der Waals surface area contributed by atoms with Crippen molar-refractivity contribution < 1.29 is 22.5 Å². The summed E-state index contributed by atoms with van der Waals surface area (Å²) in [6.07, 6.45) is 0. The Bertz CT molecular complexity index is 477. The normalized spacial score (nSPS) is 11.4. The first-order chi connectivity index (χ1) is 7.33. The largest absolute Gasteiger partial charge is 0.478 e. The van der Waals surface area contributed by atoms with Gasteiger partial charge in [0.2, 0.25) is 0 Å². The average molecular weight is 245 g/mol. The van der Waals surface area contributed by atoms with E-state index < -0.39 is 16.3 Å². The smallest absolute Gasteiger partial charge is 0.384 e. The number of carbonyl (C=O) groups is 1. The minimum atomic E-state index is -3.80. The van der Waals surface area contributed by atoms with E-state index in [2.05, 4.69) is 0 Å². The lowest BCUT2D eigenvalue weighted by atomic mass is 10.2. The van der Waals surface area contributed by atoms with Crippen LogP contribution in [0.15, 0.2) is 24.3 Å². The van der Waals surface area contributed by atoms with Gasteiger partial charge in [-0.3, -0.25) is 0 Å². The van der Waals surface area contributed by atoms with Crippen molar-refractivity contribution >= 4 is 16.3 Å². The maximum atomic E-state index is 11.3. The molecule has 0 fully saturated rings. The highest BCUT2D eigenvalue weighted by Crippen LogP contribution is 2.15. The van der Waals surface area contributed by atoms with Crippen LogP contribution >= 0.6 is 0 Å². The highest BCUT2D eigenvalue weighted by Gasteiger charge is 2.15. The van der Waals surface area contributed by atoms with Crippen molar-refractivity contribution in [1.82, 2.24) is 4.31 Å². The van der Waals surface area contributed by atoms with Gasteiger partial charge in [-0.15, -0.1) is 0 Å². The fraction of sp³-hybridized carbons (Fsp3) is 0.222. The molecule has 6 nitrogen and oxygen atoms in total. The first-order valence-electron chi connectivity index (χ1n) is 4.28. The molecule has 0 bridgehead atoms. The number of rotatable bonds is 4. The first-order valence-corrected chi connectivity index (χ1v) is 5.65. The van der Waals surface area contributed by atoms with Gasteiger partial charge in [0.1, 0.15) is 5.75 Å². The molecule has 0 amide bonds. The summed E-state index contributed by atoms with van der Waals surface area (Å²) in [6, 6.07) is 5.10. The summed E-state index contributed by atoms with van der Waals surface area (Å²) in [4.78, 5) is 10.5. The Kier molecular flexibility index (Phi) is 3.51. The Balaban J connectivity index is 2.89. The summed E-state index contributed by atoms with van der Waals surface area (Å²) in [6.45, 7) is 0. The second-order valence-electron chi connectivity index (χ2n) is 3.15. The van der Waals surface area contributed by atoms with Gasteiger partial charge in [0, 0.05) is 14.1 Å². The Morgan fingerprint density at radius 3 is 2.12 bits per heavy atom. The van der Waals surface area contributed by atoms with Gasteiger partial charge in [0.15, 0.2) is 0 Å². The maximum absolute atomic E-state index is 11.3. The van der Waals surface area contributed by atoms with Gasteiger partial charge < -0.3 is 9.29 Å². The molecule has 1 N–H and O–H groups in total. The highest BCUT2D eigenvalue weighted by atomic mass is 32.2. The van der Waals surface area contributed by atoms with E-state index in [-0.39, 0.29) is 11.3 Å². The van der Waals surface area contributed by atoms with Crippen LogP contribution in [0.1, 0.15) is 10.4 Å². The summed E-state index contributed by atoms with van der Waals surface area (Å²) < 4.78 is 28.2. The quantitative estimate of drug-likeness (QED) is 0.838. The molecular weight excluding hydrogens is 234 g/mol. The van der Waals surface area contributed by atoms with Gasteiger partial charge in [-0.1, -0.05) is 0 Å². The fourth-order valence-corrected chi connectivity index (χ4v) is 1.35. The van der Waals surface area contributed by atoms with Crippen LogP contribution in [0.3, 0.4) is 0 Å². The summed E-state index contributed by atoms with van der Waals surface area (Å²) in [5, 5.41) is 8.63. The number of benzene rings is 1. The van der Waals surface area contributed by atoms with E-state index in [1.54, 1.807) is 0 Å². The SMILES string of the molecule is CN(C)S(=O)(=O)Oc1ccc(C(=O)O)cc1. The first kappa shape index (κ1) is 12.5. The second-order valence-corrected chi connectivity index (χ2v) is 4.91. The Morgan fingerprint density at radius 2 is 1.75 bits per heavy atom. The van der Waals surface area contributed by atoms with Crippen molar-refractivity contribution in [3.63, 3.8) is 0 Å². The number of carboxylic acid groups (broad SMARTS) is 1. The summed E-state index contributed by atoms with van der Waals surface area (Å²) in [5.74, 6) is -1.01. The average Bonchev–Trinajstić information content (AvgIpc) is 2.17. The van der Waals surface area contributed by atoms with E-state index in [1.165, 1.54) is 38.4 Å². The lowest BCUT2D eigenvalue weighted by Gasteiger charge is -2.11. The second kappa shape index (κ2) is 4.50. The molecule has 0 aliphatic carbocycles. The van der Waals surface area contributed by atoms with Crippen molar-refractivity contribution in [2.24, 2.45) is 0 Å². The molecule has 16 heavy (non-hydrogen) atoms. The zero-order valence-electron chi connectivity index (χ0n) is 8.75. The predicted octanol–water partition coefficient (Wildman–Crippen LogP) is 0.570. The van der Waals surface area contributed by atoms with Crippen molar-refractivity contribution in [3.05, 3.63) is 29.8 Å². The lowest BCUT2D eigenvalue weighted by Crippen LogP contribution is -2.27. The number of hydrogen-bond donors (Lipinski definition) is 1. The van der Waals surface area contributed by atoms with Gasteiger partial charge in [0.05, 0.1) is 5.56 Å². The van der Waals surface area contributed by atoms with Gasteiger partial charge in [-0.05, 0) is 24.3 Å². The zero-order valence-corrected chi connectivity index (χ0v) is 9.56. The molecule has 0 aromatic heterocycles. The monoisotopic (exact) mass is 245 g/mol. The van der Waals surface area contributed by atoms with Crippen LogP contribution in [0.4, 0.5) is 0 Å². The Hall–Kier alpha value is -1.60. The molecular formula is C9H11NO5S. The third kappa shape index (κ3) is 2.94. The molecule has 0 radical (unpaired) electrons. The van der Waals surface area contributed by atoms with Gasteiger partial charge in [0.25, 0.3) is 0 Å². The maximum Gasteiger partial charge on any atom is 0.384 e. The van der Waals surface area contributed by atoms with Crippen LogP contribution in [-0.4, -0.2) is 37.9 Å². The summed E-state index contributed by atoms with van der Waals surface area (Å²) >= 11 is 0. The van der Waals surface area contributed by atoms with Gasteiger partial charge >= 0.3 is 16.3 Å². The van der Waals surface area contributed by atoms with E-state index >= 15 is 0 Å². The fourth-order valence-electron chi connectivity index (χ4n) is 0.849. The Labute approximate surface area is 93.3 Å². The van der Waals surface area contributed by atoms with E-state index in [9.17, 15) is 13.2 Å². The lowest BCUT2D eigenvalue weighted by molar-refractivity contribution is 0.0697. The van der Waals surface area contributed by atoms with Crippen molar-refractivity contribution in [1.29, 1.82) is 0 Å². The minimum Gasteiger partial charge on any atom is -0.478 e.